The van der Waals surface area contributed by atoms with E-state index in [0.29, 0.717) is 22.4 Å². The van der Waals surface area contributed by atoms with E-state index in [9.17, 15) is 4.79 Å². The molecule has 0 saturated heterocycles. The van der Waals surface area contributed by atoms with Crippen LogP contribution in [0.4, 0.5) is 5.82 Å². The Morgan fingerprint density at radius 2 is 2.16 bits per heavy atom. The number of rotatable bonds is 5. The highest BCUT2D eigenvalue weighted by Gasteiger charge is 2.06. The van der Waals surface area contributed by atoms with E-state index >= 15 is 0 Å². The smallest absolute Gasteiger partial charge is 0.249 e. The highest BCUT2D eigenvalue weighted by Crippen LogP contribution is 2.21. The van der Waals surface area contributed by atoms with E-state index < -0.39 is 0 Å². The molecule has 0 aliphatic heterocycles. The third kappa shape index (κ3) is 4.71. The summed E-state index contributed by atoms with van der Waals surface area (Å²) in [6.45, 7) is 0.484. The third-order valence-electron chi connectivity index (χ3n) is 3.39. The molecule has 3 aromatic rings. The van der Waals surface area contributed by atoms with E-state index in [4.69, 9.17) is 23.2 Å². The molecule has 0 saturated carbocycles. The van der Waals surface area contributed by atoms with Gasteiger partial charge in [-0.1, -0.05) is 29.3 Å². The number of aromatic nitrogens is 4. The van der Waals surface area contributed by atoms with E-state index in [0.717, 1.165) is 11.1 Å². The van der Waals surface area contributed by atoms with Crippen LogP contribution >= 0.6 is 23.2 Å². The van der Waals surface area contributed by atoms with Crippen LogP contribution in [0.1, 0.15) is 11.1 Å². The molecule has 25 heavy (non-hydrogen) atoms. The number of halogens is 2. The summed E-state index contributed by atoms with van der Waals surface area (Å²) in [7, 11) is 1.82. The summed E-state index contributed by atoms with van der Waals surface area (Å²) in [5.41, 5.74) is 1.74. The van der Waals surface area contributed by atoms with Crippen LogP contribution in [0.2, 0.25) is 10.0 Å². The summed E-state index contributed by atoms with van der Waals surface area (Å²) in [6, 6.07) is 7.03. The molecule has 1 aromatic carbocycles. The summed E-state index contributed by atoms with van der Waals surface area (Å²) < 4.78 is 3.36. The van der Waals surface area contributed by atoms with Crippen LogP contribution in [-0.2, 0) is 18.4 Å². The van der Waals surface area contributed by atoms with Gasteiger partial charge in [0.15, 0.2) is 5.82 Å². The zero-order chi connectivity index (χ0) is 17.8. The van der Waals surface area contributed by atoms with E-state index in [2.05, 4.69) is 15.5 Å². The first-order valence-corrected chi connectivity index (χ1v) is 8.20. The maximum atomic E-state index is 11.9. The van der Waals surface area contributed by atoms with Crippen molar-refractivity contribution in [1.82, 2.24) is 19.6 Å². The Balaban J connectivity index is 1.61. The van der Waals surface area contributed by atoms with Crippen molar-refractivity contribution in [2.75, 3.05) is 5.32 Å². The van der Waals surface area contributed by atoms with E-state index in [1.165, 1.54) is 6.08 Å². The van der Waals surface area contributed by atoms with Gasteiger partial charge in [-0.2, -0.15) is 10.2 Å². The van der Waals surface area contributed by atoms with Gasteiger partial charge in [0.1, 0.15) is 0 Å². The number of carbonyl (C=O) groups excluding carboxylic acids is 1. The predicted octanol–water partition coefficient (Wildman–Crippen LogP) is 3.62. The lowest BCUT2D eigenvalue weighted by Gasteiger charge is -2.05. The Morgan fingerprint density at radius 1 is 1.32 bits per heavy atom. The maximum absolute atomic E-state index is 11.9. The van der Waals surface area contributed by atoms with Gasteiger partial charge < -0.3 is 5.32 Å². The van der Waals surface area contributed by atoms with Crippen LogP contribution in [0.25, 0.3) is 6.08 Å². The number of aryl methyl sites for hydroxylation is 1. The van der Waals surface area contributed by atoms with Gasteiger partial charge in [-0.15, -0.1) is 0 Å². The highest BCUT2D eigenvalue weighted by molar-refractivity contribution is 6.35. The van der Waals surface area contributed by atoms with Crippen molar-refractivity contribution in [3.63, 3.8) is 0 Å². The van der Waals surface area contributed by atoms with Gasteiger partial charge in [0, 0.05) is 47.2 Å². The fraction of sp³-hybridized carbons (Fsp3) is 0.118. The number of carbonyl (C=O) groups is 1. The van der Waals surface area contributed by atoms with Crippen LogP contribution in [-0.4, -0.2) is 25.5 Å². The van der Waals surface area contributed by atoms with Crippen LogP contribution in [0.3, 0.4) is 0 Å². The normalized spacial score (nSPS) is 11.2. The molecule has 8 heteroatoms. The first-order valence-electron chi connectivity index (χ1n) is 7.45. The summed E-state index contributed by atoms with van der Waals surface area (Å²) in [5.74, 6) is 0.199. The molecule has 0 unspecified atom stereocenters. The molecule has 0 fully saturated rings. The van der Waals surface area contributed by atoms with E-state index in [1.54, 1.807) is 46.0 Å². The second kappa shape index (κ2) is 7.55. The molecule has 0 spiro atoms. The van der Waals surface area contributed by atoms with E-state index in [-0.39, 0.29) is 5.91 Å². The van der Waals surface area contributed by atoms with E-state index in [1.807, 2.05) is 19.3 Å². The van der Waals surface area contributed by atoms with Crippen molar-refractivity contribution in [3.8, 4) is 0 Å². The molecule has 6 nitrogen and oxygen atoms in total. The standard InChI is InChI=1S/C17H15Cl2N5O/c1-23-10-12(9-20-23)2-5-17(25)21-16-6-7-24(22-16)11-13-3-4-14(18)8-15(13)19/h2-10H,11H2,1H3,(H,21,22,25)/b5-2+. The quantitative estimate of drug-likeness (QED) is 0.692. The van der Waals surface area contributed by atoms with Crippen molar-refractivity contribution in [3.05, 3.63) is 70.1 Å². The molecule has 3 rings (SSSR count). The lowest BCUT2D eigenvalue weighted by molar-refractivity contribution is -0.111. The lowest BCUT2D eigenvalue weighted by Crippen LogP contribution is -2.09. The molecule has 2 heterocycles. The molecule has 0 aliphatic rings. The molecule has 0 atom stereocenters. The van der Waals surface area contributed by atoms with Gasteiger partial charge in [0.05, 0.1) is 12.7 Å². The molecule has 0 radical (unpaired) electrons. The summed E-state index contributed by atoms with van der Waals surface area (Å²) in [5, 5.41) is 12.2. The number of hydrogen-bond donors (Lipinski definition) is 1. The second-order valence-electron chi connectivity index (χ2n) is 5.40. The Bertz CT molecular complexity index is 929. The zero-order valence-electron chi connectivity index (χ0n) is 13.4. The number of nitrogens with one attached hydrogen (secondary N) is 1. The largest absolute Gasteiger partial charge is 0.306 e. The molecule has 2 aromatic heterocycles. The van der Waals surface area contributed by atoms with Gasteiger partial charge in [0.25, 0.3) is 0 Å². The minimum absolute atomic E-state index is 0.265. The zero-order valence-corrected chi connectivity index (χ0v) is 14.9. The predicted molar refractivity (Wildman–Crippen MR) is 98.7 cm³/mol. The minimum Gasteiger partial charge on any atom is -0.306 e. The number of benzene rings is 1. The van der Waals surface area contributed by atoms with Gasteiger partial charge in [-0.05, 0) is 23.8 Å². The van der Waals surface area contributed by atoms with Gasteiger partial charge >= 0.3 is 0 Å². The first-order chi connectivity index (χ1) is 12.0. The molecular weight excluding hydrogens is 361 g/mol. The van der Waals surface area contributed by atoms with Gasteiger partial charge in [0.2, 0.25) is 5.91 Å². The average molecular weight is 376 g/mol. The Hall–Kier alpha value is -2.57. The Kier molecular flexibility index (Phi) is 5.21. The van der Waals surface area contributed by atoms with Crippen molar-refractivity contribution < 1.29 is 4.79 Å². The summed E-state index contributed by atoms with van der Waals surface area (Å²) in [4.78, 5) is 11.9. The number of anilines is 1. The summed E-state index contributed by atoms with van der Waals surface area (Å²) >= 11 is 12.1. The first kappa shape index (κ1) is 17.3. The fourth-order valence-corrected chi connectivity index (χ4v) is 2.68. The molecule has 0 aliphatic carbocycles. The number of hydrogen-bond acceptors (Lipinski definition) is 3. The van der Waals surface area contributed by atoms with Gasteiger partial charge in [-0.3, -0.25) is 14.2 Å². The molecular formula is C17H15Cl2N5O. The van der Waals surface area contributed by atoms with Crippen molar-refractivity contribution in [1.29, 1.82) is 0 Å². The van der Waals surface area contributed by atoms with Crippen molar-refractivity contribution in [2.45, 2.75) is 6.54 Å². The maximum Gasteiger partial charge on any atom is 0.249 e. The third-order valence-corrected chi connectivity index (χ3v) is 3.98. The fourth-order valence-electron chi connectivity index (χ4n) is 2.21. The number of nitrogens with zero attached hydrogens (tertiary/aromatic N) is 4. The second-order valence-corrected chi connectivity index (χ2v) is 6.25. The minimum atomic E-state index is -0.265. The van der Waals surface area contributed by atoms with Crippen molar-refractivity contribution >= 4 is 41.0 Å². The Morgan fingerprint density at radius 3 is 2.88 bits per heavy atom. The molecule has 1 amide bonds. The SMILES string of the molecule is Cn1cc(/C=C/C(=O)Nc2ccn(Cc3ccc(Cl)cc3Cl)n2)cn1. The Labute approximate surface area is 154 Å². The van der Waals surface area contributed by atoms with Crippen molar-refractivity contribution in [2.24, 2.45) is 7.05 Å². The average Bonchev–Trinajstić information content (AvgIpc) is 3.17. The molecule has 128 valence electrons. The topological polar surface area (TPSA) is 64.7 Å². The summed E-state index contributed by atoms with van der Waals surface area (Å²) in [6.07, 6.45) is 8.38. The molecule has 1 N–H and O–H groups in total. The lowest BCUT2D eigenvalue weighted by atomic mass is 10.2. The molecule has 0 bridgehead atoms. The van der Waals surface area contributed by atoms with Gasteiger partial charge in [-0.25, -0.2) is 0 Å². The van der Waals surface area contributed by atoms with Crippen LogP contribution < -0.4 is 5.32 Å². The van der Waals surface area contributed by atoms with Crippen LogP contribution in [0.5, 0.6) is 0 Å². The van der Waals surface area contributed by atoms with Crippen LogP contribution in [0, 0.1) is 0 Å². The number of amides is 1. The monoisotopic (exact) mass is 375 g/mol. The van der Waals surface area contributed by atoms with Crippen LogP contribution in [0.15, 0.2) is 48.9 Å². The highest BCUT2D eigenvalue weighted by atomic mass is 35.5.